The molecular weight excluding hydrogens is 556 g/mol. The Balaban J connectivity index is 1.49. The lowest BCUT2D eigenvalue weighted by Crippen LogP contribution is -2.49. The van der Waals surface area contributed by atoms with E-state index in [-0.39, 0.29) is 25.5 Å². The average Bonchev–Trinajstić information content (AvgIpc) is 3.00. The maximum atomic E-state index is 14.1. The van der Waals surface area contributed by atoms with Crippen LogP contribution in [0.3, 0.4) is 0 Å². The molecule has 1 aliphatic heterocycles. The van der Waals surface area contributed by atoms with Crippen molar-refractivity contribution in [3.8, 4) is 0 Å². The zero-order chi connectivity index (χ0) is 29.6. The predicted octanol–water partition coefficient (Wildman–Crippen LogP) is 5.23. The molecule has 0 aliphatic carbocycles. The number of carbonyl (C=O) groups excluding carboxylic acids is 2. The molecular formula is C33H29ClN2O6. The first kappa shape index (κ1) is 29.0. The molecule has 0 fully saturated rings. The minimum atomic E-state index is -0.919. The summed E-state index contributed by atoms with van der Waals surface area (Å²) in [6.45, 7) is -0.310. The standard InChI is InChI=1S/C33H29ClN2O6/c34-25-16-14-24(15-17-25)31-30(32(40)35-42-20-22-12-10-21(11-13-22)18-29(38)39)26-8-4-5-9-27(26)33(41)36(31)28(19-37)23-6-2-1-3-7-23/h1-17,28,30-31,37H,18-20H2,(H,35,40)(H,38,39)/t28-,30-,31+/m1/s1. The number of aliphatic hydroxyl groups excluding tert-OH is 1. The maximum Gasteiger partial charge on any atom is 0.307 e. The number of nitrogens with zero attached hydrogens (tertiary/aromatic N) is 1. The number of carbonyl (C=O) groups is 3. The summed E-state index contributed by atoms with van der Waals surface area (Å²) in [6, 6.07) is 28.5. The van der Waals surface area contributed by atoms with E-state index in [2.05, 4.69) is 5.48 Å². The van der Waals surface area contributed by atoms with Gasteiger partial charge in [0.1, 0.15) is 0 Å². The largest absolute Gasteiger partial charge is 0.481 e. The van der Waals surface area contributed by atoms with E-state index in [1.165, 1.54) is 0 Å². The van der Waals surface area contributed by atoms with Crippen LogP contribution in [0.4, 0.5) is 0 Å². The van der Waals surface area contributed by atoms with E-state index in [4.69, 9.17) is 21.5 Å². The Bertz CT molecular complexity index is 1560. The Kier molecular flexibility index (Phi) is 8.97. The number of hydrogen-bond acceptors (Lipinski definition) is 5. The van der Waals surface area contributed by atoms with E-state index < -0.39 is 29.9 Å². The summed E-state index contributed by atoms with van der Waals surface area (Å²) in [6.07, 6.45) is -0.0852. The third kappa shape index (κ3) is 6.21. The third-order valence-corrected chi connectivity index (χ3v) is 7.61. The van der Waals surface area contributed by atoms with Gasteiger partial charge < -0.3 is 15.1 Å². The number of rotatable bonds is 10. The first-order chi connectivity index (χ1) is 20.4. The van der Waals surface area contributed by atoms with Crippen molar-refractivity contribution in [1.29, 1.82) is 0 Å². The molecule has 8 nitrogen and oxygen atoms in total. The number of amides is 2. The molecule has 4 aromatic carbocycles. The van der Waals surface area contributed by atoms with Crippen LogP contribution in [0.2, 0.25) is 5.02 Å². The minimum Gasteiger partial charge on any atom is -0.481 e. The third-order valence-electron chi connectivity index (χ3n) is 7.35. The molecule has 5 rings (SSSR count). The summed E-state index contributed by atoms with van der Waals surface area (Å²) < 4.78 is 0. The number of benzene rings is 4. The molecule has 0 saturated carbocycles. The van der Waals surface area contributed by atoms with Gasteiger partial charge in [0.05, 0.1) is 37.6 Å². The van der Waals surface area contributed by atoms with Gasteiger partial charge >= 0.3 is 5.97 Å². The molecule has 0 saturated heterocycles. The van der Waals surface area contributed by atoms with E-state index in [1.54, 1.807) is 77.7 Å². The molecule has 42 heavy (non-hydrogen) atoms. The Hall–Kier alpha value is -4.50. The van der Waals surface area contributed by atoms with Gasteiger partial charge in [0.15, 0.2) is 0 Å². The van der Waals surface area contributed by atoms with Gasteiger partial charge in [-0.1, -0.05) is 96.5 Å². The number of carboxylic acids is 1. The van der Waals surface area contributed by atoms with Crippen LogP contribution in [-0.2, 0) is 27.5 Å². The Morgan fingerprint density at radius 3 is 2.19 bits per heavy atom. The molecule has 2 amide bonds. The second kappa shape index (κ2) is 13.0. The predicted molar refractivity (Wildman–Crippen MR) is 157 cm³/mol. The molecule has 1 aliphatic rings. The van der Waals surface area contributed by atoms with Crippen molar-refractivity contribution in [3.05, 3.63) is 142 Å². The Morgan fingerprint density at radius 1 is 0.881 bits per heavy atom. The lowest BCUT2D eigenvalue weighted by atomic mass is 9.78. The van der Waals surface area contributed by atoms with Gasteiger partial charge in [0.2, 0.25) is 0 Å². The number of nitrogens with one attached hydrogen (secondary N) is 1. The van der Waals surface area contributed by atoms with Crippen LogP contribution in [0.1, 0.15) is 56.2 Å². The van der Waals surface area contributed by atoms with Gasteiger partial charge in [-0.25, -0.2) is 5.48 Å². The van der Waals surface area contributed by atoms with Crippen molar-refractivity contribution in [2.45, 2.75) is 31.0 Å². The van der Waals surface area contributed by atoms with Crippen LogP contribution in [0.25, 0.3) is 0 Å². The Labute approximate surface area is 248 Å². The molecule has 214 valence electrons. The Morgan fingerprint density at radius 2 is 1.52 bits per heavy atom. The number of hydroxylamine groups is 1. The van der Waals surface area contributed by atoms with Crippen LogP contribution >= 0.6 is 11.6 Å². The summed E-state index contributed by atoms with van der Waals surface area (Å²) in [5, 5.41) is 20.1. The van der Waals surface area contributed by atoms with Gasteiger partial charge in [0, 0.05) is 10.6 Å². The van der Waals surface area contributed by atoms with E-state index in [0.29, 0.717) is 27.3 Å². The van der Waals surface area contributed by atoms with Crippen LogP contribution in [-0.4, -0.2) is 39.5 Å². The van der Waals surface area contributed by atoms with Crippen LogP contribution in [0.5, 0.6) is 0 Å². The molecule has 3 atom stereocenters. The summed E-state index contributed by atoms with van der Waals surface area (Å²) in [5.41, 5.74) is 6.28. The maximum absolute atomic E-state index is 14.1. The fraction of sp³-hybridized carbons (Fsp3) is 0.182. The molecule has 0 bridgehead atoms. The SMILES string of the molecule is O=C(O)Cc1ccc(CONC(=O)[C@@H]2c3ccccc3C(=O)N([C@H](CO)c3ccccc3)[C@H]2c2ccc(Cl)cc2)cc1. The normalized spacial score (nSPS) is 16.9. The second-order valence-corrected chi connectivity index (χ2v) is 10.5. The molecule has 3 N–H and O–H groups in total. The lowest BCUT2D eigenvalue weighted by molar-refractivity contribution is -0.138. The number of fused-ring (bicyclic) bond motifs is 1. The number of carboxylic acid groups (broad SMARTS) is 1. The molecule has 0 aromatic heterocycles. The van der Waals surface area contributed by atoms with Gasteiger partial charge in [-0.3, -0.25) is 19.2 Å². The highest BCUT2D eigenvalue weighted by molar-refractivity contribution is 6.30. The molecule has 9 heteroatoms. The van der Waals surface area contributed by atoms with Crippen molar-refractivity contribution in [1.82, 2.24) is 10.4 Å². The van der Waals surface area contributed by atoms with Crippen molar-refractivity contribution >= 4 is 29.4 Å². The van der Waals surface area contributed by atoms with Gasteiger partial charge in [-0.2, -0.15) is 0 Å². The fourth-order valence-corrected chi connectivity index (χ4v) is 5.53. The van der Waals surface area contributed by atoms with Crippen LogP contribution in [0, 0.1) is 0 Å². The van der Waals surface area contributed by atoms with Crippen molar-refractivity contribution in [3.63, 3.8) is 0 Å². The van der Waals surface area contributed by atoms with Crippen LogP contribution in [0.15, 0.2) is 103 Å². The summed E-state index contributed by atoms with van der Waals surface area (Å²) >= 11 is 6.19. The number of hydrogen-bond donors (Lipinski definition) is 3. The average molecular weight is 585 g/mol. The quantitative estimate of drug-likeness (QED) is 0.220. The highest BCUT2D eigenvalue weighted by Crippen LogP contribution is 2.46. The second-order valence-electron chi connectivity index (χ2n) is 10.0. The molecule has 0 unspecified atom stereocenters. The molecule has 0 radical (unpaired) electrons. The minimum absolute atomic E-state index is 0.0466. The number of halogens is 1. The van der Waals surface area contributed by atoms with Gasteiger partial charge in [-0.15, -0.1) is 0 Å². The lowest BCUT2D eigenvalue weighted by Gasteiger charge is -2.45. The highest BCUT2D eigenvalue weighted by atomic mass is 35.5. The van der Waals surface area contributed by atoms with E-state index in [9.17, 15) is 19.5 Å². The first-order valence-corrected chi connectivity index (χ1v) is 13.8. The molecule has 1 heterocycles. The van der Waals surface area contributed by atoms with Gasteiger partial charge in [0.25, 0.3) is 11.8 Å². The van der Waals surface area contributed by atoms with Crippen LogP contribution < -0.4 is 5.48 Å². The van der Waals surface area contributed by atoms with Gasteiger partial charge in [-0.05, 0) is 46.0 Å². The van der Waals surface area contributed by atoms with Crippen molar-refractivity contribution in [2.75, 3.05) is 6.61 Å². The number of aliphatic carboxylic acids is 1. The van der Waals surface area contributed by atoms with E-state index in [0.717, 1.165) is 11.1 Å². The molecule has 0 spiro atoms. The van der Waals surface area contributed by atoms with Crippen molar-refractivity contribution in [2.24, 2.45) is 0 Å². The van der Waals surface area contributed by atoms with E-state index >= 15 is 0 Å². The summed E-state index contributed by atoms with van der Waals surface area (Å²) in [7, 11) is 0. The monoisotopic (exact) mass is 584 g/mol. The van der Waals surface area contributed by atoms with Crippen molar-refractivity contribution < 1.29 is 29.4 Å². The zero-order valence-electron chi connectivity index (χ0n) is 22.5. The molecule has 4 aromatic rings. The topological polar surface area (TPSA) is 116 Å². The first-order valence-electron chi connectivity index (χ1n) is 13.4. The highest BCUT2D eigenvalue weighted by Gasteiger charge is 2.47. The summed E-state index contributed by atoms with van der Waals surface area (Å²) in [4.78, 5) is 46.2. The number of aliphatic hydroxyl groups is 1. The van der Waals surface area contributed by atoms with E-state index in [1.807, 2.05) is 30.3 Å². The summed E-state index contributed by atoms with van der Waals surface area (Å²) in [5.74, 6) is -2.57. The smallest absolute Gasteiger partial charge is 0.307 e. The fourth-order valence-electron chi connectivity index (χ4n) is 5.40. The zero-order valence-corrected chi connectivity index (χ0v) is 23.3.